The Morgan fingerprint density at radius 1 is 1.44 bits per heavy atom. The minimum atomic E-state index is -0.239. The highest BCUT2D eigenvalue weighted by atomic mass is 79.9. The summed E-state index contributed by atoms with van der Waals surface area (Å²) in [5.74, 6) is 0.977. The van der Waals surface area contributed by atoms with Crippen molar-refractivity contribution in [2.24, 2.45) is 5.92 Å². The van der Waals surface area contributed by atoms with Crippen LogP contribution in [0.15, 0.2) is 33.5 Å². The molecule has 1 atom stereocenters. The number of anilines is 1. The van der Waals surface area contributed by atoms with Crippen LogP contribution in [-0.4, -0.2) is 15.5 Å². The van der Waals surface area contributed by atoms with Crippen LogP contribution in [0.2, 0.25) is 0 Å². The second-order valence-corrected chi connectivity index (χ2v) is 9.14. The molecule has 0 saturated heterocycles. The van der Waals surface area contributed by atoms with Crippen LogP contribution in [0.25, 0.3) is 10.2 Å². The van der Waals surface area contributed by atoms with Crippen molar-refractivity contribution >= 4 is 49.1 Å². The molecule has 2 heterocycles. The number of nitrogens with one attached hydrogen (secondary N) is 1. The van der Waals surface area contributed by atoms with Gasteiger partial charge in [0.25, 0.3) is 5.56 Å². The molecule has 7 heteroatoms. The molecular formula is C20H20BrN3O2S. The lowest BCUT2D eigenvalue weighted by Gasteiger charge is -2.17. The molecule has 1 aromatic carbocycles. The molecule has 1 amide bonds. The molecule has 0 unspecified atom stereocenters. The number of halogens is 1. The summed E-state index contributed by atoms with van der Waals surface area (Å²) in [7, 11) is 0. The van der Waals surface area contributed by atoms with Crippen molar-refractivity contribution < 1.29 is 4.79 Å². The lowest BCUT2D eigenvalue weighted by Crippen LogP contribution is -2.30. The SMILES string of the molecule is Cc1nc2sc3c(c2c(=O)n1CC(=O)Nc1cccc(Br)c1)CC[C@@H](C)C3. The van der Waals surface area contributed by atoms with Crippen molar-refractivity contribution in [2.45, 2.75) is 39.7 Å². The summed E-state index contributed by atoms with van der Waals surface area (Å²) < 4.78 is 2.37. The topological polar surface area (TPSA) is 64.0 Å². The van der Waals surface area contributed by atoms with Crippen LogP contribution in [0.4, 0.5) is 5.69 Å². The third-order valence-electron chi connectivity index (χ3n) is 5.02. The van der Waals surface area contributed by atoms with E-state index in [-0.39, 0.29) is 18.0 Å². The molecular weight excluding hydrogens is 426 g/mol. The van der Waals surface area contributed by atoms with Crippen LogP contribution >= 0.6 is 27.3 Å². The Bertz CT molecular complexity index is 1100. The van der Waals surface area contributed by atoms with E-state index in [0.29, 0.717) is 22.8 Å². The summed E-state index contributed by atoms with van der Waals surface area (Å²) in [4.78, 5) is 32.4. The van der Waals surface area contributed by atoms with Gasteiger partial charge < -0.3 is 5.32 Å². The molecule has 0 saturated carbocycles. The molecule has 1 aliphatic carbocycles. The Balaban J connectivity index is 1.67. The maximum Gasteiger partial charge on any atom is 0.263 e. The third-order valence-corrected chi connectivity index (χ3v) is 6.66. The average molecular weight is 446 g/mol. The molecule has 0 fully saturated rings. The van der Waals surface area contributed by atoms with Gasteiger partial charge in [0, 0.05) is 15.0 Å². The lowest BCUT2D eigenvalue weighted by atomic mass is 9.89. The zero-order valence-electron chi connectivity index (χ0n) is 15.2. The largest absolute Gasteiger partial charge is 0.324 e. The van der Waals surface area contributed by atoms with Crippen LogP contribution in [0.3, 0.4) is 0 Å². The van der Waals surface area contributed by atoms with E-state index in [9.17, 15) is 9.59 Å². The van der Waals surface area contributed by atoms with E-state index in [1.807, 2.05) is 24.3 Å². The van der Waals surface area contributed by atoms with Gasteiger partial charge in [0.2, 0.25) is 5.91 Å². The Morgan fingerprint density at radius 3 is 3.04 bits per heavy atom. The number of benzene rings is 1. The van der Waals surface area contributed by atoms with Gasteiger partial charge in [0.1, 0.15) is 17.2 Å². The molecule has 5 nitrogen and oxygen atoms in total. The summed E-state index contributed by atoms with van der Waals surface area (Å²) >= 11 is 5.02. The minimum Gasteiger partial charge on any atom is -0.324 e. The fourth-order valence-corrected chi connectivity index (χ4v) is 5.44. The van der Waals surface area contributed by atoms with E-state index in [2.05, 4.69) is 33.2 Å². The van der Waals surface area contributed by atoms with Gasteiger partial charge in [-0.15, -0.1) is 11.3 Å². The van der Waals surface area contributed by atoms with Crippen molar-refractivity contribution in [1.82, 2.24) is 9.55 Å². The van der Waals surface area contributed by atoms with Gasteiger partial charge in [-0.05, 0) is 55.9 Å². The van der Waals surface area contributed by atoms with E-state index < -0.39 is 0 Å². The molecule has 0 aliphatic heterocycles. The van der Waals surface area contributed by atoms with Crippen molar-refractivity contribution in [3.63, 3.8) is 0 Å². The number of rotatable bonds is 3. The maximum absolute atomic E-state index is 13.1. The lowest BCUT2D eigenvalue weighted by molar-refractivity contribution is -0.116. The van der Waals surface area contributed by atoms with Gasteiger partial charge in [-0.2, -0.15) is 0 Å². The molecule has 1 N–H and O–H groups in total. The van der Waals surface area contributed by atoms with E-state index in [1.165, 1.54) is 9.44 Å². The summed E-state index contributed by atoms with van der Waals surface area (Å²) in [6.07, 6.45) is 3.02. The number of amides is 1. The smallest absolute Gasteiger partial charge is 0.263 e. The fourth-order valence-electron chi connectivity index (χ4n) is 3.62. The molecule has 0 radical (unpaired) electrons. The zero-order valence-corrected chi connectivity index (χ0v) is 17.6. The number of hydrogen-bond donors (Lipinski definition) is 1. The number of carbonyl (C=O) groups is 1. The Morgan fingerprint density at radius 2 is 2.26 bits per heavy atom. The first kappa shape index (κ1) is 18.4. The summed E-state index contributed by atoms with van der Waals surface area (Å²) in [6.45, 7) is 3.99. The predicted molar refractivity (Wildman–Crippen MR) is 113 cm³/mol. The molecule has 140 valence electrons. The number of aromatic nitrogens is 2. The number of hydrogen-bond acceptors (Lipinski definition) is 4. The molecule has 3 aromatic rings. The molecule has 27 heavy (non-hydrogen) atoms. The highest BCUT2D eigenvalue weighted by Crippen LogP contribution is 2.35. The number of thiophene rings is 1. The van der Waals surface area contributed by atoms with Gasteiger partial charge >= 0.3 is 0 Å². The molecule has 1 aliphatic rings. The number of nitrogens with zero attached hydrogens (tertiary/aromatic N) is 2. The first-order valence-corrected chi connectivity index (χ1v) is 10.6. The molecule has 0 spiro atoms. The third kappa shape index (κ3) is 3.58. The molecule has 2 aromatic heterocycles. The maximum atomic E-state index is 13.1. The quantitative estimate of drug-likeness (QED) is 0.653. The average Bonchev–Trinajstić information content (AvgIpc) is 2.95. The highest BCUT2D eigenvalue weighted by Gasteiger charge is 2.24. The monoisotopic (exact) mass is 445 g/mol. The summed E-state index contributed by atoms with van der Waals surface area (Å²) in [6, 6.07) is 7.38. The van der Waals surface area contributed by atoms with Gasteiger partial charge in [0.15, 0.2) is 0 Å². The summed E-state index contributed by atoms with van der Waals surface area (Å²) in [5, 5.41) is 3.55. The van der Waals surface area contributed by atoms with Crippen LogP contribution in [-0.2, 0) is 24.2 Å². The van der Waals surface area contributed by atoms with Gasteiger partial charge in [-0.1, -0.05) is 28.9 Å². The van der Waals surface area contributed by atoms with Crippen LogP contribution in [0.5, 0.6) is 0 Å². The van der Waals surface area contributed by atoms with E-state index >= 15 is 0 Å². The van der Waals surface area contributed by atoms with Gasteiger partial charge in [-0.3, -0.25) is 14.2 Å². The Kier molecular flexibility index (Phi) is 4.90. The van der Waals surface area contributed by atoms with Gasteiger partial charge in [-0.25, -0.2) is 4.98 Å². The first-order valence-electron chi connectivity index (χ1n) is 8.99. The van der Waals surface area contributed by atoms with E-state index in [4.69, 9.17) is 0 Å². The second-order valence-electron chi connectivity index (χ2n) is 7.14. The Hall–Kier alpha value is -1.99. The normalized spacial score (nSPS) is 16.3. The van der Waals surface area contributed by atoms with E-state index in [0.717, 1.165) is 34.1 Å². The number of aryl methyl sites for hydroxylation is 2. The minimum absolute atomic E-state index is 0.0405. The van der Waals surface area contributed by atoms with Gasteiger partial charge in [0.05, 0.1) is 5.39 Å². The number of fused-ring (bicyclic) bond motifs is 3. The first-order chi connectivity index (χ1) is 12.9. The molecule has 0 bridgehead atoms. The number of carbonyl (C=O) groups excluding carboxylic acids is 1. The molecule has 4 rings (SSSR count). The van der Waals surface area contributed by atoms with Crippen LogP contribution < -0.4 is 10.9 Å². The van der Waals surface area contributed by atoms with Crippen molar-refractivity contribution in [2.75, 3.05) is 5.32 Å². The van der Waals surface area contributed by atoms with E-state index in [1.54, 1.807) is 18.3 Å². The Labute approximate surface area is 169 Å². The fraction of sp³-hybridized carbons (Fsp3) is 0.350. The van der Waals surface area contributed by atoms with Crippen molar-refractivity contribution in [3.8, 4) is 0 Å². The highest BCUT2D eigenvalue weighted by molar-refractivity contribution is 9.10. The van der Waals surface area contributed by atoms with Crippen LogP contribution in [0, 0.1) is 12.8 Å². The van der Waals surface area contributed by atoms with Crippen molar-refractivity contribution in [1.29, 1.82) is 0 Å². The standard InChI is InChI=1S/C20H20BrN3O2S/c1-11-6-7-15-16(8-11)27-19-18(15)20(26)24(12(2)22-19)10-17(25)23-14-5-3-4-13(21)9-14/h3-5,9,11H,6-8,10H2,1-2H3,(H,23,25)/t11-/m1/s1. The predicted octanol–water partition coefficient (Wildman–Crippen LogP) is 4.29. The zero-order chi connectivity index (χ0) is 19.1. The van der Waals surface area contributed by atoms with Crippen LogP contribution in [0.1, 0.15) is 29.6 Å². The summed E-state index contributed by atoms with van der Waals surface area (Å²) in [5.41, 5.74) is 1.73. The van der Waals surface area contributed by atoms with Crippen molar-refractivity contribution in [3.05, 3.63) is 55.4 Å². The second kappa shape index (κ2) is 7.20.